The van der Waals surface area contributed by atoms with E-state index in [4.69, 9.17) is 0 Å². The Hall–Kier alpha value is -0.820. The lowest BCUT2D eigenvalue weighted by molar-refractivity contribution is -0.908. The predicted molar refractivity (Wildman–Crippen MR) is 55.4 cm³/mol. The molecule has 0 amide bonds. The van der Waals surface area contributed by atoms with E-state index in [1.54, 1.807) is 0 Å². The summed E-state index contributed by atoms with van der Waals surface area (Å²) in [6.07, 6.45) is 2.71. The van der Waals surface area contributed by atoms with Crippen LogP contribution in [-0.4, -0.2) is 25.1 Å². The highest BCUT2D eigenvalue weighted by Gasteiger charge is 2.34. The third kappa shape index (κ3) is 1.61. The van der Waals surface area contributed by atoms with E-state index < -0.39 is 0 Å². The highest BCUT2D eigenvalue weighted by atomic mass is 15.3. The molecule has 1 aromatic rings. The molecule has 1 heterocycles. The Morgan fingerprint density at radius 2 is 1.85 bits per heavy atom. The fourth-order valence-electron chi connectivity index (χ4n) is 2.44. The van der Waals surface area contributed by atoms with Crippen molar-refractivity contribution in [2.24, 2.45) is 0 Å². The second-order valence-corrected chi connectivity index (χ2v) is 4.57. The van der Waals surface area contributed by atoms with E-state index in [-0.39, 0.29) is 0 Å². The van der Waals surface area contributed by atoms with Crippen LogP contribution in [0.1, 0.15) is 24.4 Å². The number of hydrogen-bond acceptors (Lipinski definition) is 0. The van der Waals surface area contributed by atoms with Crippen LogP contribution in [0.3, 0.4) is 0 Å². The molecule has 1 atom stereocenters. The SMILES string of the molecule is C[N+]1(C)CCCC1c1ccccc1. The minimum atomic E-state index is 0.723. The second kappa shape index (κ2) is 3.15. The standard InChI is InChI=1S/C12H18N/c1-13(2)10-6-9-12(13)11-7-4-3-5-8-11/h3-5,7-8,12H,6,9-10H2,1-2H3/q+1. The van der Waals surface area contributed by atoms with Crippen molar-refractivity contribution in [3.05, 3.63) is 35.9 Å². The number of rotatable bonds is 1. The molecule has 70 valence electrons. The molecule has 1 aliphatic rings. The first kappa shape index (κ1) is 8.76. The number of quaternary nitrogens is 1. The molecule has 13 heavy (non-hydrogen) atoms. The highest BCUT2D eigenvalue weighted by Crippen LogP contribution is 2.35. The Morgan fingerprint density at radius 1 is 1.15 bits per heavy atom. The first-order valence-corrected chi connectivity index (χ1v) is 5.08. The molecule has 0 radical (unpaired) electrons. The van der Waals surface area contributed by atoms with Gasteiger partial charge in [-0.25, -0.2) is 0 Å². The quantitative estimate of drug-likeness (QED) is 0.577. The van der Waals surface area contributed by atoms with Gasteiger partial charge in [0, 0.05) is 18.4 Å². The van der Waals surface area contributed by atoms with Crippen LogP contribution in [0.4, 0.5) is 0 Å². The predicted octanol–water partition coefficient (Wildman–Crippen LogP) is 2.60. The van der Waals surface area contributed by atoms with Gasteiger partial charge in [0.05, 0.1) is 20.6 Å². The van der Waals surface area contributed by atoms with Crippen molar-refractivity contribution in [2.75, 3.05) is 20.6 Å². The Kier molecular flexibility index (Phi) is 2.12. The third-order valence-electron chi connectivity index (χ3n) is 3.24. The molecular weight excluding hydrogens is 158 g/mol. The van der Waals surface area contributed by atoms with Gasteiger partial charge in [-0.2, -0.15) is 0 Å². The normalized spacial score (nSPS) is 26.2. The van der Waals surface area contributed by atoms with E-state index in [0.29, 0.717) is 0 Å². The molecule has 0 spiro atoms. The summed E-state index contributed by atoms with van der Waals surface area (Å²) in [5, 5.41) is 0. The Labute approximate surface area is 80.6 Å². The van der Waals surface area contributed by atoms with Crippen LogP contribution < -0.4 is 0 Å². The van der Waals surface area contributed by atoms with Gasteiger partial charge in [-0.05, 0) is 0 Å². The van der Waals surface area contributed by atoms with Crippen LogP contribution >= 0.6 is 0 Å². The maximum atomic E-state index is 2.34. The largest absolute Gasteiger partial charge is 0.322 e. The summed E-state index contributed by atoms with van der Waals surface area (Å²) in [4.78, 5) is 0. The molecule has 1 heteroatoms. The zero-order valence-electron chi connectivity index (χ0n) is 8.53. The van der Waals surface area contributed by atoms with Crippen molar-refractivity contribution < 1.29 is 4.48 Å². The van der Waals surface area contributed by atoms with Crippen molar-refractivity contribution in [1.29, 1.82) is 0 Å². The Morgan fingerprint density at radius 3 is 2.38 bits per heavy atom. The first-order chi connectivity index (χ1) is 6.20. The monoisotopic (exact) mass is 176 g/mol. The van der Waals surface area contributed by atoms with Crippen LogP contribution in [0.25, 0.3) is 0 Å². The lowest BCUT2D eigenvalue weighted by atomic mass is 10.0. The fraction of sp³-hybridized carbons (Fsp3) is 0.500. The Bertz CT molecular complexity index is 276. The molecule has 1 saturated heterocycles. The molecule has 0 N–H and O–H groups in total. The van der Waals surface area contributed by atoms with Crippen molar-refractivity contribution in [2.45, 2.75) is 18.9 Å². The maximum Gasteiger partial charge on any atom is 0.114 e. The van der Waals surface area contributed by atoms with Crippen molar-refractivity contribution >= 4 is 0 Å². The Balaban J connectivity index is 2.27. The molecule has 0 aliphatic carbocycles. The van der Waals surface area contributed by atoms with E-state index >= 15 is 0 Å². The topological polar surface area (TPSA) is 0 Å². The van der Waals surface area contributed by atoms with E-state index in [2.05, 4.69) is 44.4 Å². The van der Waals surface area contributed by atoms with Gasteiger partial charge in [-0.1, -0.05) is 30.3 Å². The van der Waals surface area contributed by atoms with Gasteiger partial charge in [-0.15, -0.1) is 0 Å². The first-order valence-electron chi connectivity index (χ1n) is 5.08. The van der Waals surface area contributed by atoms with Gasteiger partial charge < -0.3 is 4.48 Å². The van der Waals surface area contributed by atoms with Crippen LogP contribution in [0.2, 0.25) is 0 Å². The van der Waals surface area contributed by atoms with Gasteiger partial charge in [-0.3, -0.25) is 0 Å². The van der Waals surface area contributed by atoms with Gasteiger partial charge in [0.2, 0.25) is 0 Å². The molecule has 2 rings (SSSR count). The number of likely N-dealkylation sites (tertiary alicyclic amines) is 1. The third-order valence-corrected chi connectivity index (χ3v) is 3.24. The van der Waals surface area contributed by atoms with E-state index in [0.717, 1.165) is 10.5 Å². The average molecular weight is 176 g/mol. The van der Waals surface area contributed by atoms with Crippen LogP contribution in [0.15, 0.2) is 30.3 Å². The molecule has 1 aromatic carbocycles. The minimum Gasteiger partial charge on any atom is -0.322 e. The van der Waals surface area contributed by atoms with Crippen molar-refractivity contribution in [3.63, 3.8) is 0 Å². The molecule has 1 aliphatic heterocycles. The van der Waals surface area contributed by atoms with Gasteiger partial charge >= 0.3 is 0 Å². The molecule has 1 unspecified atom stereocenters. The zero-order valence-corrected chi connectivity index (χ0v) is 8.53. The van der Waals surface area contributed by atoms with Crippen LogP contribution in [0.5, 0.6) is 0 Å². The lowest BCUT2D eigenvalue weighted by Gasteiger charge is -2.31. The number of benzene rings is 1. The fourth-order valence-corrected chi connectivity index (χ4v) is 2.44. The molecular formula is C12H18N+. The molecule has 0 saturated carbocycles. The molecule has 0 aromatic heterocycles. The average Bonchev–Trinajstić information content (AvgIpc) is 2.47. The summed E-state index contributed by atoms with van der Waals surface area (Å²) in [6.45, 7) is 1.32. The smallest absolute Gasteiger partial charge is 0.114 e. The van der Waals surface area contributed by atoms with E-state index in [9.17, 15) is 0 Å². The molecule has 1 nitrogen and oxygen atoms in total. The van der Waals surface area contributed by atoms with E-state index in [1.165, 1.54) is 24.9 Å². The number of nitrogens with zero attached hydrogens (tertiary/aromatic N) is 1. The molecule has 1 fully saturated rings. The van der Waals surface area contributed by atoms with Crippen molar-refractivity contribution in [3.8, 4) is 0 Å². The summed E-state index contributed by atoms with van der Waals surface area (Å²) < 4.78 is 1.16. The van der Waals surface area contributed by atoms with Crippen LogP contribution in [-0.2, 0) is 0 Å². The summed E-state index contributed by atoms with van der Waals surface area (Å²) >= 11 is 0. The van der Waals surface area contributed by atoms with Crippen LogP contribution in [0, 0.1) is 0 Å². The van der Waals surface area contributed by atoms with Crippen molar-refractivity contribution in [1.82, 2.24) is 0 Å². The van der Waals surface area contributed by atoms with Gasteiger partial charge in [0.25, 0.3) is 0 Å². The second-order valence-electron chi connectivity index (χ2n) is 4.57. The van der Waals surface area contributed by atoms with E-state index in [1.807, 2.05) is 0 Å². The zero-order chi connectivity index (χ0) is 9.31. The van der Waals surface area contributed by atoms with Gasteiger partial charge in [0.15, 0.2) is 0 Å². The summed E-state index contributed by atoms with van der Waals surface area (Å²) in [7, 11) is 4.68. The summed E-state index contributed by atoms with van der Waals surface area (Å²) in [5.41, 5.74) is 1.50. The summed E-state index contributed by atoms with van der Waals surface area (Å²) in [6, 6.07) is 11.6. The summed E-state index contributed by atoms with van der Waals surface area (Å²) in [5.74, 6) is 0. The van der Waals surface area contributed by atoms with Gasteiger partial charge in [0.1, 0.15) is 6.04 Å². The lowest BCUT2D eigenvalue weighted by Crippen LogP contribution is -2.38. The minimum absolute atomic E-state index is 0.723. The maximum absolute atomic E-state index is 2.34. The number of hydrogen-bond donors (Lipinski definition) is 0. The highest BCUT2D eigenvalue weighted by molar-refractivity contribution is 5.17. The molecule has 0 bridgehead atoms.